The Kier molecular flexibility index (Phi) is 5.51. The highest BCUT2D eigenvalue weighted by Crippen LogP contribution is 2.50. The van der Waals surface area contributed by atoms with Gasteiger partial charge < -0.3 is 14.2 Å². The van der Waals surface area contributed by atoms with Crippen molar-refractivity contribution < 1.29 is 23.8 Å². The van der Waals surface area contributed by atoms with E-state index in [1.807, 2.05) is 30.3 Å². The smallest absolute Gasteiger partial charge is 0.341 e. The van der Waals surface area contributed by atoms with Gasteiger partial charge in [0, 0.05) is 10.0 Å². The van der Waals surface area contributed by atoms with Crippen LogP contribution in [0.25, 0.3) is 0 Å². The molecule has 2 aromatic carbocycles. The van der Waals surface area contributed by atoms with Gasteiger partial charge in [-0.2, -0.15) is 0 Å². The number of carbonyl (C=O) groups excluding carboxylic acids is 2. The molecule has 0 radical (unpaired) electrons. The van der Waals surface area contributed by atoms with Crippen LogP contribution in [0.1, 0.15) is 51.6 Å². The lowest BCUT2D eigenvalue weighted by Crippen LogP contribution is -2.26. The Hall–Kier alpha value is -2.18. The fraction of sp³-hybridized carbons (Fsp3) is 0.364. The summed E-state index contributed by atoms with van der Waals surface area (Å²) >= 11 is 3.35. The van der Waals surface area contributed by atoms with E-state index in [1.165, 1.54) is 7.11 Å². The van der Waals surface area contributed by atoms with E-state index in [4.69, 9.17) is 14.2 Å². The van der Waals surface area contributed by atoms with Crippen molar-refractivity contribution in [1.29, 1.82) is 0 Å². The molecule has 6 heteroatoms. The molecule has 1 heterocycles. The number of halogens is 1. The van der Waals surface area contributed by atoms with Gasteiger partial charge in [-0.3, -0.25) is 4.79 Å². The number of Topliss-reactive ketones (excluding diaryl/α,β-unsaturated/α-hetero) is 1. The summed E-state index contributed by atoms with van der Waals surface area (Å²) in [6.45, 7) is 0.470. The third-order valence-electron chi connectivity index (χ3n) is 5.31. The van der Waals surface area contributed by atoms with E-state index in [0.717, 1.165) is 34.9 Å². The topological polar surface area (TPSA) is 65.1 Å². The van der Waals surface area contributed by atoms with Gasteiger partial charge in [0.15, 0.2) is 5.78 Å². The third-order valence-corrected chi connectivity index (χ3v) is 5.80. The number of hydrogen-bond donors (Lipinski definition) is 0. The number of carbonyl (C=O) groups is 2. The Labute approximate surface area is 172 Å². The average molecular weight is 445 g/mol. The summed E-state index contributed by atoms with van der Waals surface area (Å²) in [5, 5.41) is 0. The molecule has 0 bridgehead atoms. The molecule has 146 valence electrons. The molecule has 28 heavy (non-hydrogen) atoms. The van der Waals surface area contributed by atoms with Crippen molar-refractivity contribution >= 4 is 27.7 Å². The standard InChI is InChI=1S/C22H21BrO5/c1-26-22(25)17-12-13(23)9-10-18(17)27-11-5-4-8-16-19(24)14-6-2-3-7-15(14)20-21(16)28-20/h2-3,6-7,9-10,12,16,20-21H,4-5,8,11H2,1H3. The molecule has 0 amide bonds. The molecule has 0 N–H and O–H groups in total. The van der Waals surface area contributed by atoms with Crippen LogP contribution in [0.3, 0.4) is 0 Å². The van der Waals surface area contributed by atoms with E-state index < -0.39 is 5.97 Å². The number of ether oxygens (including phenoxy) is 3. The van der Waals surface area contributed by atoms with E-state index >= 15 is 0 Å². The normalized spacial score (nSPS) is 22.2. The number of hydrogen-bond acceptors (Lipinski definition) is 5. The molecule has 1 fully saturated rings. The first-order chi connectivity index (χ1) is 13.6. The zero-order valence-electron chi connectivity index (χ0n) is 15.5. The Bertz CT molecular complexity index is 910. The molecule has 1 saturated heterocycles. The highest BCUT2D eigenvalue weighted by Gasteiger charge is 2.53. The van der Waals surface area contributed by atoms with E-state index in [9.17, 15) is 9.59 Å². The Balaban J connectivity index is 1.30. The summed E-state index contributed by atoms with van der Waals surface area (Å²) in [6.07, 6.45) is 2.54. The minimum absolute atomic E-state index is 0.0284. The summed E-state index contributed by atoms with van der Waals surface area (Å²) < 4.78 is 17.2. The van der Waals surface area contributed by atoms with Gasteiger partial charge in [0.25, 0.3) is 0 Å². The van der Waals surface area contributed by atoms with Crippen molar-refractivity contribution in [2.75, 3.05) is 13.7 Å². The number of epoxide rings is 1. The molecule has 0 spiro atoms. The Morgan fingerprint density at radius 1 is 1.18 bits per heavy atom. The summed E-state index contributed by atoms with van der Waals surface area (Å²) in [5.74, 6) is 0.192. The molecule has 1 aliphatic carbocycles. The summed E-state index contributed by atoms with van der Waals surface area (Å²) in [5.41, 5.74) is 2.23. The molecule has 0 saturated carbocycles. The number of benzene rings is 2. The maximum absolute atomic E-state index is 12.8. The van der Waals surface area contributed by atoms with E-state index in [-0.39, 0.29) is 23.9 Å². The van der Waals surface area contributed by atoms with Gasteiger partial charge in [-0.1, -0.05) is 40.2 Å². The van der Waals surface area contributed by atoms with Crippen LogP contribution >= 0.6 is 15.9 Å². The number of ketones is 1. The average Bonchev–Trinajstić information content (AvgIpc) is 3.51. The summed E-state index contributed by atoms with van der Waals surface area (Å²) in [6, 6.07) is 13.0. The van der Waals surface area contributed by atoms with Gasteiger partial charge in [-0.25, -0.2) is 4.79 Å². The summed E-state index contributed by atoms with van der Waals surface area (Å²) in [4.78, 5) is 24.6. The molecule has 4 rings (SSSR count). The van der Waals surface area contributed by atoms with Crippen LogP contribution < -0.4 is 4.74 Å². The quantitative estimate of drug-likeness (QED) is 0.350. The van der Waals surface area contributed by atoms with Gasteiger partial charge in [0.2, 0.25) is 0 Å². The molecule has 5 nitrogen and oxygen atoms in total. The number of methoxy groups -OCH3 is 1. The Morgan fingerprint density at radius 3 is 2.82 bits per heavy atom. The first-order valence-electron chi connectivity index (χ1n) is 9.39. The predicted molar refractivity (Wildman–Crippen MR) is 107 cm³/mol. The number of esters is 1. The van der Waals surface area contributed by atoms with Crippen molar-refractivity contribution in [3.63, 3.8) is 0 Å². The van der Waals surface area contributed by atoms with Crippen molar-refractivity contribution in [3.8, 4) is 5.75 Å². The van der Waals surface area contributed by atoms with Crippen LogP contribution in [0.5, 0.6) is 5.75 Å². The third kappa shape index (κ3) is 3.71. The van der Waals surface area contributed by atoms with E-state index in [0.29, 0.717) is 17.9 Å². The molecule has 0 aromatic heterocycles. The van der Waals surface area contributed by atoms with Crippen LogP contribution in [0.2, 0.25) is 0 Å². The highest BCUT2D eigenvalue weighted by atomic mass is 79.9. The Morgan fingerprint density at radius 2 is 2.00 bits per heavy atom. The highest BCUT2D eigenvalue weighted by molar-refractivity contribution is 9.10. The summed E-state index contributed by atoms with van der Waals surface area (Å²) in [7, 11) is 1.35. The fourth-order valence-electron chi connectivity index (χ4n) is 3.84. The van der Waals surface area contributed by atoms with Crippen LogP contribution in [0, 0.1) is 5.92 Å². The zero-order chi connectivity index (χ0) is 19.7. The number of unbranched alkanes of at least 4 members (excludes halogenated alkanes) is 1. The second-order valence-electron chi connectivity index (χ2n) is 7.06. The fourth-order valence-corrected chi connectivity index (χ4v) is 4.20. The van der Waals surface area contributed by atoms with Crippen molar-refractivity contribution in [1.82, 2.24) is 0 Å². The van der Waals surface area contributed by atoms with Crippen molar-refractivity contribution in [2.24, 2.45) is 5.92 Å². The van der Waals surface area contributed by atoms with Gasteiger partial charge in [0.1, 0.15) is 17.4 Å². The van der Waals surface area contributed by atoms with Gasteiger partial charge >= 0.3 is 5.97 Å². The van der Waals surface area contributed by atoms with E-state index in [1.54, 1.807) is 12.1 Å². The lowest BCUT2D eigenvalue weighted by Gasteiger charge is -2.19. The lowest BCUT2D eigenvalue weighted by molar-refractivity contribution is 0.0595. The molecular weight excluding hydrogens is 424 g/mol. The number of rotatable bonds is 7. The van der Waals surface area contributed by atoms with E-state index in [2.05, 4.69) is 15.9 Å². The van der Waals surface area contributed by atoms with Crippen LogP contribution in [-0.2, 0) is 9.47 Å². The molecular formula is C22H21BrO5. The van der Waals surface area contributed by atoms with Crippen molar-refractivity contribution in [3.05, 3.63) is 63.6 Å². The van der Waals surface area contributed by atoms with Crippen molar-refractivity contribution in [2.45, 2.75) is 31.5 Å². The number of fused-ring (bicyclic) bond motifs is 3. The first-order valence-corrected chi connectivity index (χ1v) is 10.2. The maximum Gasteiger partial charge on any atom is 0.341 e. The monoisotopic (exact) mass is 444 g/mol. The van der Waals surface area contributed by atoms with Gasteiger partial charge in [-0.05, 0) is 43.0 Å². The zero-order valence-corrected chi connectivity index (χ0v) is 17.1. The lowest BCUT2D eigenvalue weighted by atomic mass is 9.80. The van der Waals surface area contributed by atoms with Gasteiger partial charge in [0.05, 0.1) is 25.7 Å². The molecule has 3 atom stereocenters. The largest absolute Gasteiger partial charge is 0.493 e. The molecule has 2 aromatic rings. The molecule has 3 unspecified atom stereocenters. The minimum atomic E-state index is -0.431. The van der Waals surface area contributed by atoms with Crippen LogP contribution in [0.4, 0.5) is 0 Å². The minimum Gasteiger partial charge on any atom is -0.493 e. The second-order valence-corrected chi connectivity index (χ2v) is 7.97. The SMILES string of the molecule is COC(=O)c1cc(Br)ccc1OCCCCC1C(=O)c2ccccc2C2OC12. The molecule has 1 aliphatic heterocycles. The second kappa shape index (κ2) is 8.05. The molecule has 2 aliphatic rings. The first kappa shape index (κ1) is 19.2. The predicted octanol–water partition coefficient (Wildman–Crippen LogP) is 4.74. The van der Waals surface area contributed by atoms with Crippen LogP contribution in [0.15, 0.2) is 46.9 Å². The maximum atomic E-state index is 12.8. The van der Waals surface area contributed by atoms with Gasteiger partial charge in [-0.15, -0.1) is 0 Å². The van der Waals surface area contributed by atoms with Crippen LogP contribution in [-0.4, -0.2) is 31.6 Å².